The third-order valence-electron chi connectivity index (χ3n) is 13.0. The molecule has 63 heavy (non-hydrogen) atoms. The quantitative estimate of drug-likeness (QED) is 0.160. The van der Waals surface area contributed by atoms with E-state index < -0.39 is 5.41 Å². The van der Waals surface area contributed by atoms with Crippen LogP contribution in [0.5, 0.6) is 0 Å². The molecule has 0 atom stereocenters. The van der Waals surface area contributed by atoms with Crippen LogP contribution in [-0.4, -0.2) is 9.97 Å². The van der Waals surface area contributed by atoms with Crippen molar-refractivity contribution < 1.29 is 0 Å². The van der Waals surface area contributed by atoms with Crippen LogP contribution in [0, 0.1) is 0 Å². The Morgan fingerprint density at radius 2 is 0.730 bits per heavy atom. The molecule has 1 aliphatic rings. The molecule has 0 saturated carbocycles. The summed E-state index contributed by atoms with van der Waals surface area (Å²) >= 11 is 0. The summed E-state index contributed by atoms with van der Waals surface area (Å²) in [5, 5.41) is 4.74. The van der Waals surface area contributed by atoms with Crippen molar-refractivity contribution >= 4 is 21.5 Å². The minimum atomic E-state index is -0.533. The Hall–Kier alpha value is -8.20. The number of rotatable bonds is 7. The Balaban J connectivity index is 1.10. The van der Waals surface area contributed by atoms with Gasteiger partial charge in [-0.2, -0.15) is 0 Å². The molecule has 294 valence electrons. The van der Waals surface area contributed by atoms with E-state index in [1.807, 2.05) is 6.07 Å². The maximum Gasteiger partial charge on any atom is 0.160 e. The van der Waals surface area contributed by atoms with Gasteiger partial charge in [-0.1, -0.05) is 237 Å². The monoisotopic (exact) mass is 800 g/mol. The Bertz CT molecular complexity index is 3460. The largest absolute Gasteiger partial charge is 0.228 e. The van der Waals surface area contributed by atoms with Crippen LogP contribution >= 0.6 is 0 Å². The molecule has 2 nitrogen and oxygen atoms in total. The minimum Gasteiger partial charge on any atom is -0.228 e. The Kier molecular flexibility index (Phi) is 8.76. The number of hydrogen-bond donors (Lipinski definition) is 0. The maximum atomic E-state index is 5.38. The molecular weight excluding hydrogens is 761 g/mol. The van der Waals surface area contributed by atoms with Gasteiger partial charge >= 0.3 is 0 Å². The lowest BCUT2D eigenvalue weighted by atomic mass is 9.66. The summed E-state index contributed by atoms with van der Waals surface area (Å²) in [6.45, 7) is 0. The Morgan fingerprint density at radius 1 is 0.286 bits per heavy atom. The molecule has 0 unspecified atom stereocenters. The van der Waals surface area contributed by atoms with E-state index in [1.54, 1.807) is 0 Å². The lowest BCUT2D eigenvalue weighted by molar-refractivity contribution is 0.770. The first-order valence-corrected chi connectivity index (χ1v) is 21.7. The van der Waals surface area contributed by atoms with Crippen molar-refractivity contribution in [1.82, 2.24) is 9.97 Å². The zero-order valence-corrected chi connectivity index (χ0v) is 34.5. The Morgan fingerprint density at radius 3 is 1.44 bits per heavy atom. The average Bonchev–Trinajstić information content (AvgIpc) is 3.68. The maximum absolute atomic E-state index is 5.38. The molecule has 12 rings (SSSR count). The number of fused-ring (bicyclic) bond motifs is 5. The third kappa shape index (κ3) is 5.87. The van der Waals surface area contributed by atoms with E-state index in [9.17, 15) is 0 Å². The van der Waals surface area contributed by atoms with Gasteiger partial charge in [-0.25, -0.2) is 9.97 Å². The molecule has 0 bridgehead atoms. The lowest BCUT2D eigenvalue weighted by Gasteiger charge is -2.35. The Labute approximate surface area is 367 Å². The first-order valence-electron chi connectivity index (χ1n) is 21.7. The van der Waals surface area contributed by atoms with E-state index >= 15 is 0 Å². The molecular formula is C61H40N2. The molecule has 0 spiro atoms. The highest BCUT2D eigenvalue weighted by molar-refractivity contribution is 6.07. The van der Waals surface area contributed by atoms with Crippen molar-refractivity contribution in [2.45, 2.75) is 5.41 Å². The molecule has 0 aliphatic heterocycles. The van der Waals surface area contributed by atoms with Crippen LogP contribution < -0.4 is 0 Å². The van der Waals surface area contributed by atoms with Gasteiger partial charge in [-0.3, -0.25) is 0 Å². The zero-order chi connectivity index (χ0) is 41.7. The fraction of sp³-hybridized carbons (Fsp3) is 0.0164. The van der Waals surface area contributed by atoms with Crippen molar-refractivity contribution in [2.75, 3.05) is 0 Å². The van der Waals surface area contributed by atoms with Gasteiger partial charge in [0.15, 0.2) is 5.82 Å². The molecule has 2 heteroatoms. The molecule has 11 aromatic rings. The van der Waals surface area contributed by atoms with Gasteiger partial charge < -0.3 is 0 Å². The summed E-state index contributed by atoms with van der Waals surface area (Å²) in [6, 6.07) is 87.7. The highest BCUT2D eigenvalue weighted by Crippen LogP contribution is 2.59. The van der Waals surface area contributed by atoms with Gasteiger partial charge in [0.05, 0.1) is 16.8 Å². The van der Waals surface area contributed by atoms with E-state index in [0.717, 1.165) is 39.0 Å². The number of hydrogen-bond acceptors (Lipinski definition) is 2. The van der Waals surface area contributed by atoms with Crippen LogP contribution in [0.25, 0.3) is 88.8 Å². The van der Waals surface area contributed by atoms with Gasteiger partial charge in [0.2, 0.25) is 0 Å². The first-order chi connectivity index (χ1) is 31.3. The SMILES string of the molecule is c1ccc(-c2nc(-c3ccccc3-c3cccc4ccccc34)cc(-c3ccc(-c4cccc5c4C(c4ccccc4)(c4ccccc4)c4ccccc4-5)c4ccccc34)n2)cc1. The summed E-state index contributed by atoms with van der Waals surface area (Å²) in [6.07, 6.45) is 0. The van der Waals surface area contributed by atoms with Crippen molar-refractivity contribution in [3.8, 4) is 67.3 Å². The smallest absolute Gasteiger partial charge is 0.160 e. The van der Waals surface area contributed by atoms with Crippen LogP contribution in [0.2, 0.25) is 0 Å². The molecule has 0 amide bonds. The van der Waals surface area contributed by atoms with Crippen molar-refractivity contribution in [1.29, 1.82) is 0 Å². The second kappa shape index (κ2) is 15.1. The van der Waals surface area contributed by atoms with E-state index in [0.29, 0.717) is 5.82 Å². The van der Waals surface area contributed by atoms with Crippen molar-refractivity contribution in [2.24, 2.45) is 0 Å². The molecule has 0 fully saturated rings. The van der Waals surface area contributed by atoms with Gasteiger partial charge in [-0.15, -0.1) is 0 Å². The number of nitrogens with zero attached hydrogens (tertiary/aromatic N) is 2. The summed E-state index contributed by atoms with van der Waals surface area (Å²) in [5.41, 5.74) is 16.7. The number of aromatic nitrogens is 2. The second-order valence-electron chi connectivity index (χ2n) is 16.4. The molecule has 0 saturated heterocycles. The van der Waals surface area contributed by atoms with E-state index in [-0.39, 0.29) is 0 Å². The number of benzene rings is 10. The van der Waals surface area contributed by atoms with Gasteiger partial charge in [-0.05, 0) is 83.2 Å². The average molecular weight is 801 g/mol. The second-order valence-corrected chi connectivity index (χ2v) is 16.4. The normalized spacial score (nSPS) is 12.6. The van der Waals surface area contributed by atoms with Gasteiger partial charge in [0.1, 0.15) is 0 Å². The summed E-state index contributed by atoms with van der Waals surface area (Å²) in [4.78, 5) is 10.7. The van der Waals surface area contributed by atoms with E-state index in [4.69, 9.17) is 9.97 Å². The molecule has 1 aliphatic carbocycles. The van der Waals surface area contributed by atoms with Crippen LogP contribution in [0.1, 0.15) is 22.3 Å². The molecule has 0 N–H and O–H groups in total. The highest BCUT2D eigenvalue weighted by Gasteiger charge is 2.47. The summed E-state index contributed by atoms with van der Waals surface area (Å²) < 4.78 is 0. The third-order valence-corrected chi connectivity index (χ3v) is 13.0. The standard InChI is InChI=1S/C61H40N2/c1-4-21-42(22-5-1)60-62-57(52-33-15-14-30-48(52)46-34-18-23-41-20-10-11-28-45(41)46)40-58(63-60)53-39-38-50(47-29-12-13-31-49(47)53)54-35-19-36-55-51-32-16-17-37-56(51)61(59(54)55,43-24-6-2-7-25-43)44-26-8-3-9-27-44/h1-40H. The first kappa shape index (κ1) is 36.6. The molecule has 10 aromatic carbocycles. The highest BCUT2D eigenvalue weighted by atomic mass is 14.9. The molecule has 0 radical (unpaired) electrons. The fourth-order valence-electron chi connectivity index (χ4n) is 10.3. The van der Waals surface area contributed by atoms with E-state index in [2.05, 4.69) is 237 Å². The topological polar surface area (TPSA) is 25.8 Å². The minimum absolute atomic E-state index is 0.533. The molecule has 1 heterocycles. The van der Waals surface area contributed by atoms with Crippen LogP contribution in [0.4, 0.5) is 0 Å². The van der Waals surface area contributed by atoms with Gasteiger partial charge in [0.25, 0.3) is 0 Å². The summed E-state index contributed by atoms with van der Waals surface area (Å²) in [5.74, 6) is 0.693. The van der Waals surface area contributed by atoms with Crippen molar-refractivity contribution in [3.63, 3.8) is 0 Å². The van der Waals surface area contributed by atoms with Crippen LogP contribution in [-0.2, 0) is 5.41 Å². The lowest BCUT2D eigenvalue weighted by Crippen LogP contribution is -2.29. The predicted molar refractivity (Wildman–Crippen MR) is 262 cm³/mol. The van der Waals surface area contributed by atoms with Crippen molar-refractivity contribution in [3.05, 3.63) is 265 Å². The van der Waals surface area contributed by atoms with Gasteiger partial charge in [0, 0.05) is 16.7 Å². The van der Waals surface area contributed by atoms with Crippen LogP contribution in [0.3, 0.4) is 0 Å². The van der Waals surface area contributed by atoms with E-state index in [1.165, 1.54) is 66.2 Å². The summed E-state index contributed by atoms with van der Waals surface area (Å²) in [7, 11) is 0. The van der Waals surface area contributed by atoms with Crippen LogP contribution in [0.15, 0.2) is 243 Å². The molecule has 1 aromatic heterocycles. The zero-order valence-electron chi connectivity index (χ0n) is 34.5. The predicted octanol–water partition coefficient (Wildman–Crippen LogP) is 15.5. The fourth-order valence-corrected chi connectivity index (χ4v) is 10.3.